The molecule has 0 aliphatic carbocycles. The van der Waals surface area contributed by atoms with E-state index in [4.69, 9.17) is 10.5 Å². The van der Waals surface area contributed by atoms with Crippen LogP contribution in [0.5, 0.6) is 0 Å². The van der Waals surface area contributed by atoms with Gasteiger partial charge in [0.2, 0.25) is 0 Å². The summed E-state index contributed by atoms with van der Waals surface area (Å²) in [6, 6.07) is 7.62. The maximum atomic E-state index is 13.3. The van der Waals surface area contributed by atoms with E-state index in [9.17, 15) is 13.6 Å². The molecule has 3 aromatic rings. The Hall–Kier alpha value is -3.53. The number of aromatic nitrogens is 2. The van der Waals surface area contributed by atoms with E-state index in [2.05, 4.69) is 20.6 Å². The minimum atomic E-state index is -2.61. The van der Waals surface area contributed by atoms with Crippen LogP contribution in [0.3, 0.4) is 0 Å². The Kier molecular flexibility index (Phi) is 6.78. The SMILES string of the molecule is CNc1cc2c(NC(C)c3cc(N)cc(C(F)F)c3)nc(C)nc2cc1C(=O)N1CCOCC1. The molecule has 2 heterocycles. The van der Waals surface area contributed by atoms with Gasteiger partial charge < -0.3 is 26.0 Å². The smallest absolute Gasteiger partial charge is 0.263 e. The first-order valence-electron chi connectivity index (χ1n) is 11.1. The van der Waals surface area contributed by atoms with Crippen molar-refractivity contribution in [2.75, 3.05) is 49.7 Å². The lowest BCUT2D eigenvalue weighted by atomic mass is 10.0. The number of carbonyl (C=O) groups is 1. The van der Waals surface area contributed by atoms with Gasteiger partial charge in [0.05, 0.1) is 30.3 Å². The van der Waals surface area contributed by atoms with Crippen LogP contribution >= 0.6 is 0 Å². The van der Waals surface area contributed by atoms with Crippen LogP contribution in [0.25, 0.3) is 10.9 Å². The van der Waals surface area contributed by atoms with Crippen molar-refractivity contribution in [2.24, 2.45) is 0 Å². The highest BCUT2D eigenvalue weighted by Crippen LogP contribution is 2.32. The highest BCUT2D eigenvalue weighted by atomic mass is 19.3. The first kappa shape index (κ1) is 23.6. The maximum absolute atomic E-state index is 13.3. The number of hydrogen-bond donors (Lipinski definition) is 3. The van der Waals surface area contributed by atoms with E-state index in [1.165, 1.54) is 12.1 Å². The summed E-state index contributed by atoms with van der Waals surface area (Å²) >= 11 is 0. The van der Waals surface area contributed by atoms with Crippen molar-refractivity contribution < 1.29 is 18.3 Å². The fourth-order valence-corrected chi connectivity index (χ4v) is 4.09. The van der Waals surface area contributed by atoms with Crippen LogP contribution in [0, 0.1) is 6.92 Å². The largest absolute Gasteiger partial charge is 0.399 e. The van der Waals surface area contributed by atoms with E-state index in [1.807, 2.05) is 13.0 Å². The Balaban J connectivity index is 1.72. The van der Waals surface area contributed by atoms with Crippen molar-refractivity contribution in [2.45, 2.75) is 26.3 Å². The molecule has 0 radical (unpaired) electrons. The van der Waals surface area contributed by atoms with Crippen molar-refractivity contribution in [1.82, 2.24) is 14.9 Å². The highest BCUT2D eigenvalue weighted by Gasteiger charge is 2.23. The van der Waals surface area contributed by atoms with Crippen molar-refractivity contribution >= 4 is 34.0 Å². The van der Waals surface area contributed by atoms with Gasteiger partial charge in [0.25, 0.3) is 12.3 Å². The Morgan fingerprint density at radius 2 is 1.82 bits per heavy atom. The summed E-state index contributed by atoms with van der Waals surface area (Å²) in [6.07, 6.45) is -2.61. The number of benzene rings is 2. The first-order valence-corrected chi connectivity index (χ1v) is 11.1. The van der Waals surface area contributed by atoms with Crippen LogP contribution in [-0.2, 0) is 4.74 Å². The molecule has 4 N–H and O–H groups in total. The minimum Gasteiger partial charge on any atom is -0.399 e. The molecule has 1 aliphatic heterocycles. The average Bonchev–Trinajstić information content (AvgIpc) is 2.82. The Morgan fingerprint density at radius 3 is 2.50 bits per heavy atom. The number of aryl methyl sites for hydroxylation is 1. The molecule has 0 spiro atoms. The van der Waals surface area contributed by atoms with Gasteiger partial charge in [-0.3, -0.25) is 4.79 Å². The number of amides is 1. The van der Waals surface area contributed by atoms with Gasteiger partial charge in [-0.05, 0) is 49.7 Å². The molecular formula is C24H28F2N6O2. The van der Waals surface area contributed by atoms with E-state index in [-0.39, 0.29) is 23.2 Å². The average molecular weight is 471 g/mol. The molecule has 1 unspecified atom stereocenters. The number of fused-ring (bicyclic) bond motifs is 1. The van der Waals surface area contributed by atoms with Crippen LogP contribution < -0.4 is 16.4 Å². The topological polar surface area (TPSA) is 105 Å². The number of hydrogen-bond acceptors (Lipinski definition) is 7. The summed E-state index contributed by atoms with van der Waals surface area (Å²) in [5.41, 5.74) is 8.39. The number of nitrogen functional groups attached to an aromatic ring is 1. The number of rotatable bonds is 6. The number of nitrogens with zero attached hydrogens (tertiary/aromatic N) is 3. The molecule has 8 nitrogen and oxygen atoms in total. The van der Waals surface area contributed by atoms with Gasteiger partial charge in [-0.2, -0.15) is 0 Å². The van der Waals surface area contributed by atoms with Crippen LogP contribution in [0.4, 0.5) is 26.0 Å². The molecule has 1 aliphatic rings. The summed E-state index contributed by atoms with van der Waals surface area (Å²) in [6.45, 7) is 5.71. The zero-order valence-corrected chi connectivity index (χ0v) is 19.4. The second-order valence-electron chi connectivity index (χ2n) is 8.29. The number of ether oxygens (including phenoxy) is 1. The van der Waals surface area contributed by atoms with E-state index in [1.54, 1.807) is 31.0 Å². The monoisotopic (exact) mass is 470 g/mol. The summed E-state index contributed by atoms with van der Waals surface area (Å²) in [5, 5.41) is 7.11. The molecule has 1 atom stereocenters. The minimum absolute atomic E-state index is 0.0898. The van der Waals surface area contributed by atoms with Gasteiger partial charge in [-0.1, -0.05) is 0 Å². The molecular weight excluding hydrogens is 442 g/mol. The van der Waals surface area contributed by atoms with Crippen molar-refractivity contribution in [3.05, 3.63) is 52.8 Å². The summed E-state index contributed by atoms with van der Waals surface area (Å²) < 4.78 is 31.9. The van der Waals surface area contributed by atoms with Crippen LogP contribution in [0.1, 0.15) is 46.7 Å². The third kappa shape index (κ3) is 4.86. The van der Waals surface area contributed by atoms with Crippen LogP contribution in [0.2, 0.25) is 0 Å². The van der Waals surface area contributed by atoms with Crippen molar-refractivity contribution in [3.63, 3.8) is 0 Å². The molecule has 10 heteroatoms. The van der Waals surface area contributed by atoms with Gasteiger partial charge in [-0.25, -0.2) is 18.7 Å². The fraction of sp³-hybridized carbons (Fsp3) is 0.375. The van der Waals surface area contributed by atoms with Gasteiger partial charge in [0, 0.05) is 42.5 Å². The number of nitrogens with two attached hydrogens (primary N) is 1. The number of morpholine rings is 1. The Labute approximate surface area is 196 Å². The van der Waals surface area contributed by atoms with Gasteiger partial charge in [0.1, 0.15) is 11.6 Å². The molecule has 34 heavy (non-hydrogen) atoms. The molecule has 2 aromatic carbocycles. The van der Waals surface area contributed by atoms with Crippen LogP contribution in [0.15, 0.2) is 30.3 Å². The van der Waals surface area contributed by atoms with Gasteiger partial charge in [0.15, 0.2) is 0 Å². The lowest BCUT2D eigenvalue weighted by molar-refractivity contribution is 0.0303. The van der Waals surface area contributed by atoms with Gasteiger partial charge in [-0.15, -0.1) is 0 Å². The number of nitrogens with one attached hydrogen (secondary N) is 2. The fourth-order valence-electron chi connectivity index (χ4n) is 4.09. The zero-order chi connectivity index (χ0) is 24.4. The standard InChI is InChI=1S/C24H28F2N6O2/c1-13(15-8-16(22(25)26)10-17(27)9-15)29-23-18-11-20(28-3)19(12-21(18)30-14(2)31-23)24(33)32-4-6-34-7-5-32/h8-13,22,28H,4-7,27H2,1-3H3,(H,29,30,31). The third-order valence-corrected chi connectivity index (χ3v) is 5.85. The second-order valence-corrected chi connectivity index (χ2v) is 8.29. The lowest BCUT2D eigenvalue weighted by Gasteiger charge is -2.27. The molecule has 1 amide bonds. The van der Waals surface area contributed by atoms with E-state index >= 15 is 0 Å². The molecule has 4 rings (SSSR count). The van der Waals surface area contributed by atoms with Crippen molar-refractivity contribution in [3.8, 4) is 0 Å². The van der Waals surface area contributed by atoms with Crippen molar-refractivity contribution in [1.29, 1.82) is 0 Å². The third-order valence-electron chi connectivity index (χ3n) is 5.85. The molecule has 0 saturated carbocycles. The molecule has 180 valence electrons. The highest BCUT2D eigenvalue weighted by molar-refractivity contribution is 6.05. The number of alkyl halides is 2. The predicted octanol–water partition coefficient (Wildman–Crippen LogP) is 4.15. The van der Waals surface area contributed by atoms with Gasteiger partial charge >= 0.3 is 0 Å². The maximum Gasteiger partial charge on any atom is 0.263 e. The molecule has 1 saturated heterocycles. The predicted molar refractivity (Wildman–Crippen MR) is 128 cm³/mol. The second kappa shape index (κ2) is 9.76. The number of anilines is 3. The Bertz CT molecular complexity index is 1210. The van der Waals surface area contributed by atoms with E-state index in [0.29, 0.717) is 65.7 Å². The molecule has 1 fully saturated rings. The Morgan fingerprint density at radius 1 is 1.12 bits per heavy atom. The number of carbonyl (C=O) groups excluding carboxylic acids is 1. The quantitative estimate of drug-likeness (QED) is 0.465. The molecule has 1 aromatic heterocycles. The molecule has 0 bridgehead atoms. The normalized spacial score (nSPS) is 14.9. The summed E-state index contributed by atoms with van der Waals surface area (Å²) in [4.78, 5) is 24.0. The summed E-state index contributed by atoms with van der Waals surface area (Å²) in [5.74, 6) is 0.968. The van der Waals surface area contributed by atoms with Crippen LogP contribution in [-0.4, -0.2) is 54.1 Å². The van der Waals surface area contributed by atoms with E-state index in [0.717, 1.165) is 0 Å². The van der Waals surface area contributed by atoms with E-state index < -0.39 is 6.43 Å². The lowest BCUT2D eigenvalue weighted by Crippen LogP contribution is -2.40. The number of halogens is 2. The first-order chi connectivity index (χ1) is 16.3. The zero-order valence-electron chi connectivity index (χ0n) is 19.4. The summed E-state index contributed by atoms with van der Waals surface area (Å²) in [7, 11) is 1.75.